The Labute approximate surface area is 193 Å². The van der Waals surface area contributed by atoms with E-state index in [1.165, 1.54) is 16.0 Å². The normalized spacial score (nSPS) is 12.8. The molecule has 0 atom stereocenters. The van der Waals surface area contributed by atoms with Crippen molar-refractivity contribution in [3.05, 3.63) is 96.1 Å². The summed E-state index contributed by atoms with van der Waals surface area (Å²) in [5.41, 5.74) is 3.68. The topological polar surface area (TPSA) is 78.5 Å². The van der Waals surface area contributed by atoms with Gasteiger partial charge in [-0.25, -0.2) is 0 Å². The summed E-state index contributed by atoms with van der Waals surface area (Å²) in [6.45, 7) is 0.476. The molecular formula is C27H27N3O3. The average Bonchev–Trinajstić information content (AvgIpc) is 2.85. The molecule has 1 aliphatic rings. The minimum atomic E-state index is -0.237. The van der Waals surface area contributed by atoms with Crippen molar-refractivity contribution < 1.29 is 14.4 Å². The van der Waals surface area contributed by atoms with Crippen LogP contribution in [0.4, 0.5) is 11.4 Å². The minimum absolute atomic E-state index is 0.0344. The van der Waals surface area contributed by atoms with Crippen molar-refractivity contribution in [2.24, 2.45) is 0 Å². The molecule has 4 rings (SSSR count). The van der Waals surface area contributed by atoms with E-state index in [2.05, 4.69) is 34.9 Å². The SMILES string of the molecule is O=C(CCC(=O)N1CC(=O)Nc2ccccc21)NCCC(c1ccccc1)c1ccccc1. The first-order chi connectivity index (χ1) is 16.1. The first-order valence-corrected chi connectivity index (χ1v) is 11.2. The Bertz CT molecular complexity index is 1080. The quantitative estimate of drug-likeness (QED) is 0.553. The molecule has 2 N–H and O–H groups in total. The van der Waals surface area contributed by atoms with Gasteiger partial charge in [0.2, 0.25) is 17.7 Å². The monoisotopic (exact) mass is 441 g/mol. The number of benzene rings is 3. The van der Waals surface area contributed by atoms with E-state index in [0.717, 1.165) is 6.42 Å². The Morgan fingerprint density at radius 3 is 2.12 bits per heavy atom. The molecule has 0 unspecified atom stereocenters. The fourth-order valence-electron chi connectivity index (χ4n) is 4.15. The predicted molar refractivity (Wildman–Crippen MR) is 129 cm³/mol. The van der Waals surface area contributed by atoms with Crippen LogP contribution in [0.2, 0.25) is 0 Å². The maximum atomic E-state index is 12.7. The summed E-state index contributed by atoms with van der Waals surface area (Å²) in [6.07, 6.45) is 0.891. The molecule has 168 valence electrons. The van der Waals surface area contributed by atoms with E-state index in [0.29, 0.717) is 17.9 Å². The Kier molecular flexibility index (Phi) is 7.15. The lowest BCUT2D eigenvalue weighted by Gasteiger charge is -2.29. The largest absolute Gasteiger partial charge is 0.356 e. The summed E-state index contributed by atoms with van der Waals surface area (Å²) in [4.78, 5) is 38.5. The van der Waals surface area contributed by atoms with E-state index in [-0.39, 0.29) is 43.0 Å². The molecule has 1 aliphatic heterocycles. The van der Waals surface area contributed by atoms with Gasteiger partial charge in [-0.1, -0.05) is 72.8 Å². The molecule has 1 heterocycles. The maximum Gasteiger partial charge on any atom is 0.244 e. The molecule has 0 aromatic heterocycles. The number of carbonyl (C=O) groups excluding carboxylic acids is 3. The van der Waals surface area contributed by atoms with Crippen LogP contribution in [0.15, 0.2) is 84.9 Å². The van der Waals surface area contributed by atoms with Gasteiger partial charge in [0.1, 0.15) is 6.54 Å². The van der Waals surface area contributed by atoms with Crippen molar-refractivity contribution in [2.75, 3.05) is 23.3 Å². The van der Waals surface area contributed by atoms with Gasteiger partial charge >= 0.3 is 0 Å². The summed E-state index contributed by atoms with van der Waals surface area (Å²) in [6, 6.07) is 27.7. The molecule has 0 fully saturated rings. The highest BCUT2D eigenvalue weighted by Gasteiger charge is 2.26. The van der Waals surface area contributed by atoms with Crippen LogP contribution in [0.1, 0.15) is 36.3 Å². The minimum Gasteiger partial charge on any atom is -0.356 e. The molecule has 3 aromatic carbocycles. The summed E-state index contributed by atoms with van der Waals surface area (Å²) in [7, 11) is 0. The Hall–Kier alpha value is -3.93. The number of amides is 3. The summed E-state index contributed by atoms with van der Waals surface area (Å²) >= 11 is 0. The zero-order valence-corrected chi connectivity index (χ0v) is 18.4. The maximum absolute atomic E-state index is 12.7. The van der Waals surface area contributed by atoms with Crippen molar-refractivity contribution in [1.82, 2.24) is 5.32 Å². The molecular weight excluding hydrogens is 414 g/mol. The predicted octanol–water partition coefficient (Wildman–Crippen LogP) is 4.09. The molecule has 0 saturated heterocycles. The van der Waals surface area contributed by atoms with Gasteiger partial charge in [0, 0.05) is 25.3 Å². The fraction of sp³-hybridized carbons (Fsp3) is 0.222. The second-order valence-corrected chi connectivity index (χ2v) is 8.06. The number of nitrogens with one attached hydrogen (secondary N) is 2. The highest BCUT2D eigenvalue weighted by molar-refractivity contribution is 6.10. The van der Waals surface area contributed by atoms with Crippen LogP contribution in [0.25, 0.3) is 0 Å². The molecule has 0 saturated carbocycles. The number of carbonyl (C=O) groups is 3. The van der Waals surface area contributed by atoms with E-state index in [9.17, 15) is 14.4 Å². The van der Waals surface area contributed by atoms with Crippen LogP contribution in [0.5, 0.6) is 0 Å². The van der Waals surface area contributed by atoms with Gasteiger partial charge in [0.05, 0.1) is 11.4 Å². The molecule has 6 heteroatoms. The Morgan fingerprint density at radius 2 is 1.45 bits per heavy atom. The van der Waals surface area contributed by atoms with Gasteiger partial charge in [-0.3, -0.25) is 14.4 Å². The first-order valence-electron chi connectivity index (χ1n) is 11.2. The van der Waals surface area contributed by atoms with Gasteiger partial charge in [0.25, 0.3) is 0 Å². The van der Waals surface area contributed by atoms with Crippen LogP contribution in [0.3, 0.4) is 0 Å². The fourth-order valence-corrected chi connectivity index (χ4v) is 4.15. The number of anilines is 2. The van der Waals surface area contributed by atoms with E-state index in [1.807, 2.05) is 42.5 Å². The van der Waals surface area contributed by atoms with Gasteiger partial charge < -0.3 is 15.5 Å². The zero-order chi connectivity index (χ0) is 23.0. The second-order valence-electron chi connectivity index (χ2n) is 8.06. The van der Waals surface area contributed by atoms with Gasteiger partial charge in [-0.2, -0.15) is 0 Å². The number of hydrogen-bond acceptors (Lipinski definition) is 3. The van der Waals surface area contributed by atoms with E-state index >= 15 is 0 Å². The van der Waals surface area contributed by atoms with E-state index < -0.39 is 0 Å². The lowest BCUT2D eigenvalue weighted by molar-refractivity contribution is -0.125. The average molecular weight is 442 g/mol. The van der Waals surface area contributed by atoms with Crippen LogP contribution < -0.4 is 15.5 Å². The smallest absolute Gasteiger partial charge is 0.244 e. The number of nitrogens with zero attached hydrogens (tertiary/aromatic N) is 1. The Morgan fingerprint density at radius 1 is 0.848 bits per heavy atom. The van der Waals surface area contributed by atoms with E-state index in [1.54, 1.807) is 18.2 Å². The van der Waals surface area contributed by atoms with Crippen molar-refractivity contribution in [3.63, 3.8) is 0 Å². The summed E-state index contributed by atoms with van der Waals surface area (Å²) in [5.74, 6) is -0.464. The van der Waals surface area contributed by atoms with E-state index in [4.69, 9.17) is 0 Å². The number of fused-ring (bicyclic) bond motifs is 1. The van der Waals surface area contributed by atoms with Crippen molar-refractivity contribution in [1.29, 1.82) is 0 Å². The number of hydrogen-bond donors (Lipinski definition) is 2. The molecule has 0 bridgehead atoms. The van der Waals surface area contributed by atoms with Crippen molar-refractivity contribution >= 4 is 29.1 Å². The zero-order valence-electron chi connectivity index (χ0n) is 18.4. The third kappa shape index (κ3) is 5.66. The summed E-state index contributed by atoms with van der Waals surface area (Å²) in [5, 5.41) is 5.71. The molecule has 0 spiro atoms. The number of rotatable bonds is 8. The van der Waals surface area contributed by atoms with Crippen LogP contribution in [-0.2, 0) is 14.4 Å². The molecule has 3 aromatic rings. The second kappa shape index (κ2) is 10.6. The standard InChI is InChI=1S/C27H27N3O3/c31-25(15-16-27(33)30-19-26(32)29-23-13-7-8-14-24(23)30)28-18-17-22(20-9-3-1-4-10-20)21-11-5-2-6-12-21/h1-14,22H,15-19H2,(H,28,31)(H,29,32). The van der Waals surface area contributed by atoms with Gasteiger partial charge in [0.15, 0.2) is 0 Å². The molecule has 6 nitrogen and oxygen atoms in total. The third-order valence-electron chi connectivity index (χ3n) is 5.80. The van der Waals surface area contributed by atoms with Crippen LogP contribution in [-0.4, -0.2) is 30.8 Å². The highest BCUT2D eigenvalue weighted by atomic mass is 16.2. The third-order valence-corrected chi connectivity index (χ3v) is 5.80. The highest BCUT2D eigenvalue weighted by Crippen LogP contribution is 2.30. The Balaban J connectivity index is 1.30. The first kappa shape index (κ1) is 22.3. The van der Waals surface area contributed by atoms with Crippen molar-refractivity contribution in [3.8, 4) is 0 Å². The lowest BCUT2D eigenvalue weighted by Crippen LogP contribution is -2.42. The molecule has 0 aliphatic carbocycles. The van der Waals surface area contributed by atoms with Gasteiger partial charge in [-0.15, -0.1) is 0 Å². The molecule has 33 heavy (non-hydrogen) atoms. The molecule has 0 radical (unpaired) electrons. The molecule has 3 amide bonds. The van der Waals surface area contributed by atoms with Crippen LogP contribution in [0, 0.1) is 0 Å². The summed E-state index contributed by atoms with van der Waals surface area (Å²) < 4.78 is 0. The number of para-hydroxylation sites is 2. The lowest BCUT2D eigenvalue weighted by atomic mass is 9.88. The van der Waals surface area contributed by atoms with Gasteiger partial charge in [-0.05, 0) is 29.7 Å². The van der Waals surface area contributed by atoms with Crippen molar-refractivity contribution in [2.45, 2.75) is 25.2 Å². The van der Waals surface area contributed by atoms with Crippen LogP contribution >= 0.6 is 0 Å².